The van der Waals surface area contributed by atoms with E-state index in [2.05, 4.69) is 32.9 Å². The van der Waals surface area contributed by atoms with Crippen molar-refractivity contribution in [2.24, 2.45) is 5.41 Å². The van der Waals surface area contributed by atoms with Crippen molar-refractivity contribution in [2.75, 3.05) is 0 Å². The van der Waals surface area contributed by atoms with Crippen molar-refractivity contribution >= 4 is 5.97 Å². The van der Waals surface area contributed by atoms with Gasteiger partial charge < -0.3 is 9.84 Å². The molecule has 0 bridgehead atoms. The normalized spacial score (nSPS) is 15.0. The Morgan fingerprint density at radius 3 is 1.95 bits per heavy atom. The monoisotopic (exact) mass is 312 g/mol. The number of unbranched alkanes of at least 4 members (excludes halogenated alkanes) is 7. The summed E-state index contributed by atoms with van der Waals surface area (Å²) >= 11 is 0. The molecule has 130 valence electrons. The van der Waals surface area contributed by atoms with Crippen LogP contribution >= 0.6 is 0 Å². The van der Waals surface area contributed by atoms with Gasteiger partial charge in [0.2, 0.25) is 5.79 Å². The third-order valence-corrected chi connectivity index (χ3v) is 3.49. The van der Waals surface area contributed by atoms with Gasteiger partial charge >= 0.3 is 5.97 Å². The molecule has 3 nitrogen and oxygen atoms in total. The highest BCUT2D eigenvalue weighted by atomic mass is 16.7. The lowest BCUT2D eigenvalue weighted by Crippen LogP contribution is -2.30. The minimum Gasteiger partial charge on any atom is -0.434 e. The highest BCUT2D eigenvalue weighted by Gasteiger charge is 2.22. The molecule has 0 saturated carbocycles. The smallest absolute Gasteiger partial charge is 0.305 e. The lowest BCUT2D eigenvalue weighted by atomic mass is 9.95. The molecule has 1 N–H and O–H groups in total. The van der Waals surface area contributed by atoms with Gasteiger partial charge in [0.25, 0.3) is 0 Å². The molecule has 0 aromatic carbocycles. The van der Waals surface area contributed by atoms with E-state index >= 15 is 0 Å². The number of esters is 1. The van der Waals surface area contributed by atoms with Gasteiger partial charge in [-0.05, 0) is 24.7 Å². The van der Waals surface area contributed by atoms with Crippen LogP contribution in [0.25, 0.3) is 0 Å². The number of carbonyl (C=O) groups is 1. The second-order valence-corrected chi connectivity index (χ2v) is 7.55. The van der Waals surface area contributed by atoms with Crippen molar-refractivity contribution in [2.45, 2.75) is 98.2 Å². The van der Waals surface area contributed by atoms with Gasteiger partial charge in [-0.25, -0.2) is 0 Å². The van der Waals surface area contributed by atoms with Crippen LogP contribution in [-0.4, -0.2) is 16.9 Å². The molecule has 1 atom stereocenters. The molecule has 0 amide bonds. The second-order valence-electron chi connectivity index (χ2n) is 7.55. The van der Waals surface area contributed by atoms with Crippen molar-refractivity contribution < 1.29 is 14.6 Å². The fourth-order valence-corrected chi connectivity index (χ4v) is 2.40. The molecule has 0 aliphatic heterocycles. The third kappa shape index (κ3) is 15.6. The van der Waals surface area contributed by atoms with Gasteiger partial charge in [-0.15, -0.1) is 0 Å². The molecule has 0 radical (unpaired) electrons. The SMILES string of the molecule is CC(=O)OC(C)(O)CCCCCCCCC/C=C/C(C)(C)C. The highest BCUT2D eigenvalue weighted by molar-refractivity contribution is 5.66. The van der Waals surface area contributed by atoms with E-state index in [1.807, 2.05) is 0 Å². The number of ether oxygens (including phenoxy) is 1. The molecule has 0 rings (SSSR count). The van der Waals surface area contributed by atoms with Crippen LogP contribution in [0.1, 0.15) is 92.4 Å². The Morgan fingerprint density at radius 1 is 0.955 bits per heavy atom. The van der Waals surface area contributed by atoms with Crippen LogP contribution < -0.4 is 0 Å². The summed E-state index contributed by atoms with van der Waals surface area (Å²) < 4.78 is 4.85. The molecule has 0 spiro atoms. The Balaban J connectivity index is 3.41. The minimum absolute atomic E-state index is 0.299. The number of hydrogen-bond donors (Lipinski definition) is 1. The van der Waals surface area contributed by atoms with Crippen LogP contribution in [-0.2, 0) is 9.53 Å². The number of carbonyl (C=O) groups excluding carboxylic acids is 1. The minimum atomic E-state index is -1.30. The first-order valence-corrected chi connectivity index (χ1v) is 8.72. The molecule has 0 aromatic rings. The van der Waals surface area contributed by atoms with Crippen molar-refractivity contribution in [1.82, 2.24) is 0 Å². The lowest BCUT2D eigenvalue weighted by molar-refractivity contribution is -0.202. The van der Waals surface area contributed by atoms with E-state index in [9.17, 15) is 9.90 Å². The fraction of sp³-hybridized carbons (Fsp3) is 0.842. The topological polar surface area (TPSA) is 46.5 Å². The maximum absolute atomic E-state index is 10.8. The summed E-state index contributed by atoms with van der Waals surface area (Å²) in [5.74, 6) is -1.73. The van der Waals surface area contributed by atoms with E-state index in [0.29, 0.717) is 11.8 Å². The Morgan fingerprint density at radius 2 is 1.45 bits per heavy atom. The molecule has 0 aliphatic rings. The predicted molar refractivity (Wildman–Crippen MR) is 92.5 cm³/mol. The van der Waals surface area contributed by atoms with Crippen molar-refractivity contribution in [3.05, 3.63) is 12.2 Å². The summed E-state index contributed by atoms with van der Waals surface area (Å²) in [4.78, 5) is 10.8. The molecule has 0 aliphatic carbocycles. The Bertz CT molecular complexity index is 324. The molecule has 22 heavy (non-hydrogen) atoms. The van der Waals surface area contributed by atoms with Crippen molar-refractivity contribution in [3.8, 4) is 0 Å². The van der Waals surface area contributed by atoms with Crippen LogP contribution in [0.2, 0.25) is 0 Å². The van der Waals surface area contributed by atoms with Gasteiger partial charge in [-0.3, -0.25) is 4.79 Å². The zero-order valence-electron chi connectivity index (χ0n) is 15.3. The standard InChI is InChI=1S/C19H36O3/c1-17(20)22-19(5,21)16-14-12-10-8-6-7-9-11-13-15-18(2,3)4/h13,15,21H,6-12,14,16H2,1-5H3/b15-13+. The van der Waals surface area contributed by atoms with Crippen LogP contribution in [0.5, 0.6) is 0 Å². The zero-order valence-corrected chi connectivity index (χ0v) is 15.3. The summed E-state index contributed by atoms with van der Waals surface area (Å²) in [5.41, 5.74) is 0.299. The molecule has 0 fully saturated rings. The van der Waals surface area contributed by atoms with Gasteiger partial charge in [0.1, 0.15) is 0 Å². The Kier molecular flexibility index (Phi) is 10.4. The molecule has 0 saturated heterocycles. The molecule has 0 aromatic heterocycles. The number of rotatable bonds is 11. The van der Waals surface area contributed by atoms with E-state index in [4.69, 9.17) is 4.74 Å². The fourth-order valence-electron chi connectivity index (χ4n) is 2.40. The van der Waals surface area contributed by atoms with Gasteiger partial charge in [0, 0.05) is 20.3 Å². The average molecular weight is 312 g/mol. The predicted octanol–water partition coefficient (Wildman–Crippen LogP) is 5.37. The highest BCUT2D eigenvalue weighted by Crippen LogP contribution is 2.18. The number of allylic oxidation sites excluding steroid dienone is 2. The van der Waals surface area contributed by atoms with Crippen molar-refractivity contribution in [1.29, 1.82) is 0 Å². The molecular formula is C19H36O3. The van der Waals surface area contributed by atoms with Gasteiger partial charge in [-0.1, -0.05) is 65.0 Å². The van der Waals surface area contributed by atoms with Gasteiger partial charge in [0.15, 0.2) is 0 Å². The van der Waals surface area contributed by atoms with E-state index in [1.54, 1.807) is 6.92 Å². The summed E-state index contributed by atoms with van der Waals surface area (Å²) in [7, 11) is 0. The first-order chi connectivity index (χ1) is 10.1. The summed E-state index contributed by atoms with van der Waals surface area (Å²) in [6.45, 7) is 9.55. The Hall–Kier alpha value is -0.830. The van der Waals surface area contributed by atoms with Gasteiger partial charge in [-0.2, -0.15) is 0 Å². The van der Waals surface area contributed by atoms with Crippen LogP contribution in [0.3, 0.4) is 0 Å². The van der Waals surface area contributed by atoms with E-state index in [0.717, 1.165) is 12.8 Å². The largest absolute Gasteiger partial charge is 0.434 e. The van der Waals surface area contributed by atoms with E-state index in [1.165, 1.54) is 45.4 Å². The van der Waals surface area contributed by atoms with Crippen LogP contribution in [0.4, 0.5) is 0 Å². The first kappa shape index (κ1) is 21.2. The summed E-state index contributed by atoms with van der Waals surface area (Å²) in [5, 5.41) is 9.82. The summed E-state index contributed by atoms with van der Waals surface area (Å²) in [6.07, 6.45) is 14.6. The molecular weight excluding hydrogens is 276 g/mol. The molecule has 1 unspecified atom stereocenters. The maximum atomic E-state index is 10.8. The maximum Gasteiger partial charge on any atom is 0.305 e. The third-order valence-electron chi connectivity index (χ3n) is 3.49. The van der Waals surface area contributed by atoms with Crippen molar-refractivity contribution in [3.63, 3.8) is 0 Å². The average Bonchev–Trinajstić information content (AvgIpc) is 2.32. The molecule has 0 heterocycles. The van der Waals surface area contributed by atoms with E-state index in [-0.39, 0.29) is 0 Å². The Labute approximate surface area is 137 Å². The van der Waals surface area contributed by atoms with Gasteiger partial charge in [0.05, 0.1) is 0 Å². The molecule has 3 heteroatoms. The van der Waals surface area contributed by atoms with E-state index < -0.39 is 11.8 Å². The number of hydrogen-bond acceptors (Lipinski definition) is 3. The quantitative estimate of drug-likeness (QED) is 0.241. The summed E-state index contributed by atoms with van der Waals surface area (Å²) in [6, 6.07) is 0. The second kappa shape index (κ2) is 10.8. The zero-order chi connectivity index (χ0) is 17.1. The van der Waals surface area contributed by atoms with Crippen LogP contribution in [0.15, 0.2) is 12.2 Å². The number of aliphatic hydroxyl groups is 1. The lowest BCUT2D eigenvalue weighted by Gasteiger charge is -2.22. The van der Waals surface area contributed by atoms with Crippen LogP contribution in [0, 0.1) is 5.41 Å². The first-order valence-electron chi connectivity index (χ1n) is 8.72.